The van der Waals surface area contributed by atoms with E-state index >= 15 is 0 Å². The Kier molecular flexibility index (Phi) is 5.95. The van der Waals surface area contributed by atoms with Crippen molar-refractivity contribution in [2.75, 3.05) is 0 Å². The number of benzene rings is 4. The third-order valence-electron chi connectivity index (χ3n) is 7.47. The summed E-state index contributed by atoms with van der Waals surface area (Å²) in [5, 5.41) is 22.4. The van der Waals surface area contributed by atoms with E-state index in [0.717, 1.165) is 56.4 Å². The Balaban J connectivity index is 1.27. The molecule has 0 saturated heterocycles. The van der Waals surface area contributed by atoms with Gasteiger partial charge in [-0.05, 0) is 41.5 Å². The van der Waals surface area contributed by atoms with E-state index in [1.54, 1.807) is 0 Å². The number of rotatable bonds is 4. The van der Waals surface area contributed by atoms with Gasteiger partial charge in [-0.25, -0.2) is 0 Å². The highest BCUT2D eigenvalue weighted by Gasteiger charge is 2.38. The number of aliphatic hydroxyl groups excluding tert-OH is 2. The molecule has 2 heterocycles. The quantitative estimate of drug-likeness (QED) is 0.287. The maximum Gasteiger partial charge on any atom is 0.135 e. The van der Waals surface area contributed by atoms with Crippen LogP contribution >= 0.6 is 0 Å². The summed E-state index contributed by atoms with van der Waals surface area (Å²) in [4.78, 5) is 0. The van der Waals surface area contributed by atoms with Crippen LogP contribution in [0.5, 0.6) is 11.5 Å². The Morgan fingerprint density at radius 2 is 1.05 bits per heavy atom. The number of allylic oxidation sites excluding steroid dienone is 4. The van der Waals surface area contributed by atoms with E-state index in [1.807, 2.05) is 133 Å². The summed E-state index contributed by atoms with van der Waals surface area (Å²) < 4.78 is 12.4. The third kappa shape index (κ3) is 4.25. The predicted molar refractivity (Wildman–Crippen MR) is 158 cm³/mol. The van der Waals surface area contributed by atoms with Crippen LogP contribution in [0, 0.1) is 5.92 Å². The van der Waals surface area contributed by atoms with Crippen molar-refractivity contribution in [1.82, 2.24) is 0 Å². The number of para-hydroxylation sites is 2. The maximum atomic E-state index is 11.3. The second-order valence-corrected chi connectivity index (χ2v) is 9.98. The smallest absolute Gasteiger partial charge is 0.135 e. The molecule has 0 aromatic heterocycles. The lowest BCUT2D eigenvalue weighted by Crippen LogP contribution is -2.34. The largest absolute Gasteiger partial charge is 0.511 e. The van der Waals surface area contributed by atoms with Crippen LogP contribution in [-0.4, -0.2) is 16.3 Å². The van der Waals surface area contributed by atoms with Gasteiger partial charge in [0.2, 0.25) is 0 Å². The van der Waals surface area contributed by atoms with Gasteiger partial charge in [0, 0.05) is 27.8 Å². The van der Waals surface area contributed by atoms with E-state index < -0.39 is 12.0 Å². The zero-order chi connectivity index (χ0) is 27.1. The lowest BCUT2D eigenvalue weighted by molar-refractivity contribution is 0.113. The Hall–Kier alpha value is -5.06. The molecule has 4 aromatic rings. The Bertz CT molecular complexity index is 1760. The first-order valence-corrected chi connectivity index (χ1v) is 13.3. The molecular weight excluding hydrogens is 496 g/mol. The molecule has 4 aromatic carbocycles. The third-order valence-corrected chi connectivity index (χ3v) is 7.47. The molecule has 2 unspecified atom stereocenters. The monoisotopic (exact) mass is 522 g/mol. The summed E-state index contributed by atoms with van der Waals surface area (Å²) in [5.74, 6) is 2.55. The zero-order valence-electron chi connectivity index (χ0n) is 21.6. The highest BCUT2D eigenvalue weighted by Crippen LogP contribution is 2.44. The van der Waals surface area contributed by atoms with Gasteiger partial charge in [0.05, 0.1) is 12.0 Å². The highest BCUT2D eigenvalue weighted by atomic mass is 16.5. The zero-order valence-corrected chi connectivity index (χ0v) is 21.6. The summed E-state index contributed by atoms with van der Waals surface area (Å²) in [7, 11) is 0. The van der Waals surface area contributed by atoms with E-state index in [9.17, 15) is 10.2 Å². The van der Waals surface area contributed by atoms with Crippen molar-refractivity contribution in [3.8, 4) is 11.5 Å². The van der Waals surface area contributed by atoms with Gasteiger partial charge in [-0.2, -0.15) is 0 Å². The number of aliphatic hydroxyl groups is 2. The van der Waals surface area contributed by atoms with Crippen LogP contribution in [0.4, 0.5) is 0 Å². The van der Waals surface area contributed by atoms with Gasteiger partial charge in [-0.15, -0.1) is 0 Å². The molecule has 2 aliphatic heterocycles. The van der Waals surface area contributed by atoms with Gasteiger partial charge < -0.3 is 19.7 Å². The van der Waals surface area contributed by atoms with Gasteiger partial charge in [-0.3, -0.25) is 0 Å². The number of fused-ring (bicyclic) bond motifs is 2. The molecule has 2 atom stereocenters. The maximum absolute atomic E-state index is 11.3. The van der Waals surface area contributed by atoms with Crippen molar-refractivity contribution in [3.63, 3.8) is 0 Å². The van der Waals surface area contributed by atoms with E-state index in [-0.39, 0.29) is 5.76 Å². The average Bonchev–Trinajstić information content (AvgIpc) is 3.02. The summed E-state index contributed by atoms with van der Waals surface area (Å²) in [6.07, 6.45) is 6.86. The second-order valence-electron chi connectivity index (χ2n) is 9.98. The highest BCUT2D eigenvalue weighted by molar-refractivity contribution is 5.90. The van der Waals surface area contributed by atoms with Crippen molar-refractivity contribution in [1.29, 1.82) is 0 Å². The molecule has 1 aliphatic carbocycles. The first-order valence-electron chi connectivity index (χ1n) is 13.3. The standard InChI is InChI=1S/C36H26O4/c37-35-29(19-25-21-33(23-11-3-1-4-12-23)39-31-17-9-7-15-27(25)31)36(38)30(35)20-26-22-34(24-13-5-2-6-14-24)40-32-18-10-8-16-28(26)32/h1-22,29,35,37-38H/b25-19-,26-20-. The van der Waals surface area contributed by atoms with E-state index in [1.165, 1.54) is 0 Å². The summed E-state index contributed by atoms with van der Waals surface area (Å²) >= 11 is 0. The molecular formula is C36H26O4. The number of hydrogen-bond donors (Lipinski definition) is 2. The molecule has 0 amide bonds. The first kappa shape index (κ1) is 24.0. The molecule has 0 radical (unpaired) electrons. The van der Waals surface area contributed by atoms with Crippen LogP contribution in [0.1, 0.15) is 22.3 Å². The Morgan fingerprint density at radius 3 is 1.60 bits per heavy atom. The molecule has 40 heavy (non-hydrogen) atoms. The van der Waals surface area contributed by atoms with Gasteiger partial charge in [-0.1, -0.05) is 103 Å². The molecule has 0 fully saturated rings. The molecule has 7 rings (SSSR count). The topological polar surface area (TPSA) is 58.9 Å². The molecule has 3 aliphatic rings. The fourth-order valence-electron chi connectivity index (χ4n) is 5.35. The van der Waals surface area contributed by atoms with Crippen LogP contribution in [0.25, 0.3) is 22.7 Å². The van der Waals surface area contributed by atoms with Crippen LogP contribution in [0.15, 0.2) is 145 Å². The first-order chi connectivity index (χ1) is 19.7. The minimum atomic E-state index is -0.854. The summed E-state index contributed by atoms with van der Waals surface area (Å²) in [6.45, 7) is 0. The lowest BCUT2D eigenvalue weighted by Gasteiger charge is -2.33. The van der Waals surface area contributed by atoms with Crippen LogP contribution in [-0.2, 0) is 0 Å². The fourth-order valence-corrected chi connectivity index (χ4v) is 5.35. The number of ether oxygens (including phenoxy) is 2. The Morgan fingerprint density at radius 1 is 0.575 bits per heavy atom. The SMILES string of the molecule is OC1=C(/C=C2/C=C(c3ccccc3)Oc3ccccc32)C(O)C1/C=C1/C=C(c2ccccc2)Oc2ccccc21. The van der Waals surface area contributed by atoms with Crippen molar-refractivity contribution >= 4 is 22.7 Å². The minimum absolute atomic E-state index is 0.157. The van der Waals surface area contributed by atoms with E-state index in [0.29, 0.717) is 5.57 Å². The Labute approximate surface area is 232 Å². The van der Waals surface area contributed by atoms with Gasteiger partial charge in [0.15, 0.2) is 0 Å². The molecule has 0 spiro atoms. The fraction of sp³-hybridized carbons (Fsp3) is 0.0556. The van der Waals surface area contributed by atoms with Gasteiger partial charge in [0.1, 0.15) is 28.8 Å². The average molecular weight is 523 g/mol. The van der Waals surface area contributed by atoms with Crippen molar-refractivity contribution in [3.05, 3.63) is 167 Å². The predicted octanol–water partition coefficient (Wildman–Crippen LogP) is 7.82. The lowest BCUT2D eigenvalue weighted by atomic mass is 9.77. The normalized spacial score (nSPS) is 21.4. The van der Waals surface area contributed by atoms with Crippen LogP contribution in [0.2, 0.25) is 0 Å². The van der Waals surface area contributed by atoms with Gasteiger partial charge in [0.25, 0.3) is 0 Å². The second kappa shape index (κ2) is 9.92. The summed E-state index contributed by atoms with van der Waals surface area (Å²) in [6, 6.07) is 35.4. The summed E-state index contributed by atoms with van der Waals surface area (Å²) in [5.41, 5.74) is 6.01. The van der Waals surface area contributed by atoms with E-state index in [4.69, 9.17) is 9.47 Å². The molecule has 194 valence electrons. The molecule has 4 heteroatoms. The van der Waals surface area contributed by atoms with Crippen molar-refractivity contribution in [2.45, 2.75) is 6.10 Å². The van der Waals surface area contributed by atoms with Crippen molar-refractivity contribution in [2.24, 2.45) is 5.92 Å². The van der Waals surface area contributed by atoms with Crippen LogP contribution in [0.3, 0.4) is 0 Å². The number of hydrogen-bond acceptors (Lipinski definition) is 4. The van der Waals surface area contributed by atoms with Gasteiger partial charge >= 0.3 is 0 Å². The minimum Gasteiger partial charge on any atom is -0.511 e. The molecule has 0 saturated carbocycles. The van der Waals surface area contributed by atoms with Crippen molar-refractivity contribution < 1.29 is 19.7 Å². The molecule has 0 bridgehead atoms. The molecule has 4 nitrogen and oxygen atoms in total. The van der Waals surface area contributed by atoms with Crippen LogP contribution < -0.4 is 9.47 Å². The molecule has 2 N–H and O–H groups in total. The van der Waals surface area contributed by atoms with E-state index in [2.05, 4.69) is 0 Å².